The number of nitrogens with zero attached hydrogens (tertiary/aromatic N) is 2. The lowest BCUT2D eigenvalue weighted by Gasteiger charge is -2.24. The average Bonchev–Trinajstić information content (AvgIpc) is 2.43. The van der Waals surface area contributed by atoms with Gasteiger partial charge in [0, 0.05) is 7.05 Å². The van der Waals surface area contributed by atoms with Gasteiger partial charge in [0.25, 0.3) is 5.91 Å². The maximum absolute atomic E-state index is 12.2. The Morgan fingerprint density at radius 3 is 2.67 bits per heavy atom. The Morgan fingerprint density at radius 2 is 2.11 bits per heavy atom. The molecule has 1 aromatic carbocycles. The summed E-state index contributed by atoms with van der Waals surface area (Å²) in [6, 6.07) is 6.39. The van der Waals surface area contributed by atoms with Crippen LogP contribution in [-0.4, -0.2) is 42.0 Å². The van der Waals surface area contributed by atoms with Gasteiger partial charge in [-0.1, -0.05) is 17.3 Å². The summed E-state index contributed by atoms with van der Waals surface area (Å²) in [5.41, 5.74) is 5.91. The molecule has 3 N–H and O–H groups in total. The Bertz CT molecular complexity index is 460. The number of rotatable bonds is 4. The molecule has 1 rings (SSSR count). The summed E-state index contributed by atoms with van der Waals surface area (Å²) < 4.78 is 5.12. The highest BCUT2D eigenvalue weighted by Crippen LogP contribution is 2.19. The van der Waals surface area contributed by atoms with Crippen molar-refractivity contribution in [2.45, 2.75) is 13.0 Å². The fourth-order valence-corrected chi connectivity index (χ4v) is 1.47. The summed E-state index contributed by atoms with van der Waals surface area (Å²) in [7, 11) is 3.08. The highest BCUT2D eigenvalue weighted by molar-refractivity contribution is 5.99. The standard InChI is InChI=1S/C12H17N3O3/c1-8(11(13)14-17)15(2)12(16)9-6-4-5-7-10(9)18-3/h4-8,17H,1-3H3,(H2,13,14). The van der Waals surface area contributed by atoms with Crippen LogP contribution < -0.4 is 10.5 Å². The smallest absolute Gasteiger partial charge is 0.257 e. The Balaban J connectivity index is 3.00. The fourth-order valence-electron chi connectivity index (χ4n) is 1.47. The van der Waals surface area contributed by atoms with E-state index in [1.54, 1.807) is 38.2 Å². The van der Waals surface area contributed by atoms with E-state index in [1.165, 1.54) is 12.0 Å². The highest BCUT2D eigenvalue weighted by Gasteiger charge is 2.22. The number of amides is 1. The normalized spacial score (nSPS) is 12.9. The van der Waals surface area contributed by atoms with Gasteiger partial charge in [-0.2, -0.15) is 0 Å². The maximum Gasteiger partial charge on any atom is 0.257 e. The van der Waals surface area contributed by atoms with Gasteiger partial charge in [-0.15, -0.1) is 0 Å². The van der Waals surface area contributed by atoms with Gasteiger partial charge in [0.15, 0.2) is 5.84 Å². The van der Waals surface area contributed by atoms with E-state index in [0.717, 1.165) is 0 Å². The minimum Gasteiger partial charge on any atom is -0.496 e. The third kappa shape index (κ3) is 2.71. The number of carbonyl (C=O) groups excluding carboxylic acids is 1. The van der Waals surface area contributed by atoms with E-state index >= 15 is 0 Å². The molecule has 0 aromatic heterocycles. The van der Waals surface area contributed by atoms with E-state index in [4.69, 9.17) is 15.7 Å². The van der Waals surface area contributed by atoms with Crippen molar-refractivity contribution >= 4 is 11.7 Å². The summed E-state index contributed by atoms with van der Waals surface area (Å²) in [6.45, 7) is 1.67. The number of nitrogens with two attached hydrogens (primary N) is 1. The number of hydrogen-bond donors (Lipinski definition) is 2. The molecule has 6 nitrogen and oxygen atoms in total. The molecule has 18 heavy (non-hydrogen) atoms. The molecule has 0 saturated carbocycles. The molecule has 1 unspecified atom stereocenters. The van der Waals surface area contributed by atoms with Gasteiger partial charge >= 0.3 is 0 Å². The minimum atomic E-state index is -0.507. The van der Waals surface area contributed by atoms with E-state index < -0.39 is 6.04 Å². The summed E-state index contributed by atoms with van der Waals surface area (Å²) >= 11 is 0. The van der Waals surface area contributed by atoms with Crippen LogP contribution in [0.5, 0.6) is 5.75 Å². The number of carbonyl (C=O) groups is 1. The molecule has 0 radical (unpaired) electrons. The third-order valence-corrected chi connectivity index (χ3v) is 2.78. The molecule has 0 aliphatic rings. The molecule has 0 saturated heterocycles. The second kappa shape index (κ2) is 5.90. The first-order valence-electron chi connectivity index (χ1n) is 5.40. The zero-order valence-corrected chi connectivity index (χ0v) is 10.6. The van der Waals surface area contributed by atoms with Crippen LogP contribution in [0, 0.1) is 0 Å². The summed E-state index contributed by atoms with van der Waals surface area (Å²) in [5, 5.41) is 11.5. The SMILES string of the molecule is COc1ccccc1C(=O)N(C)C(C)C(N)=NO. The topological polar surface area (TPSA) is 88.2 Å². The first-order chi connectivity index (χ1) is 8.52. The largest absolute Gasteiger partial charge is 0.496 e. The number of oxime groups is 1. The van der Waals surface area contributed by atoms with Crippen LogP contribution >= 0.6 is 0 Å². The quantitative estimate of drug-likeness (QED) is 0.360. The van der Waals surface area contributed by atoms with Gasteiger partial charge in [-0.05, 0) is 19.1 Å². The number of para-hydroxylation sites is 1. The molecule has 0 heterocycles. The molecule has 98 valence electrons. The van der Waals surface area contributed by atoms with E-state index in [-0.39, 0.29) is 11.7 Å². The molecule has 0 bridgehead atoms. The van der Waals surface area contributed by atoms with Gasteiger partial charge in [-0.25, -0.2) is 0 Å². The van der Waals surface area contributed by atoms with Gasteiger partial charge in [-0.3, -0.25) is 4.79 Å². The van der Waals surface area contributed by atoms with Crippen molar-refractivity contribution in [3.8, 4) is 5.75 Å². The van der Waals surface area contributed by atoms with Crippen molar-refractivity contribution in [3.05, 3.63) is 29.8 Å². The Morgan fingerprint density at radius 1 is 1.50 bits per heavy atom. The lowest BCUT2D eigenvalue weighted by atomic mass is 10.1. The number of hydrogen-bond acceptors (Lipinski definition) is 4. The molecule has 1 aromatic rings. The summed E-state index contributed by atoms with van der Waals surface area (Å²) in [6.07, 6.45) is 0. The molecule has 0 aliphatic carbocycles. The molecule has 0 fully saturated rings. The molecule has 0 aliphatic heterocycles. The van der Waals surface area contributed by atoms with Crippen LogP contribution in [0.15, 0.2) is 29.4 Å². The van der Waals surface area contributed by atoms with Gasteiger partial charge in [0.2, 0.25) is 0 Å². The molecular formula is C12H17N3O3. The Kier molecular flexibility index (Phi) is 4.53. The van der Waals surface area contributed by atoms with E-state index in [2.05, 4.69) is 5.16 Å². The summed E-state index contributed by atoms with van der Waals surface area (Å²) in [4.78, 5) is 13.6. The van der Waals surface area contributed by atoms with Crippen molar-refractivity contribution in [2.24, 2.45) is 10.9 Å². The van der Waals surface area contributed by atoms with Crippen LogP contribution in [0.25, 0.3) is 0 Å². The lowest BCUT2D eigenvalue weighted by Crippen LogP contribution is -2.43. The number of likely N-dealkylation sites (N-methyl/N-ethyl adjacent to an activating group) is 1. The van der Waals surface area contributed by atoms with E-state index in [9.17, 15) is 4.79 Å². The van der Waals surface area contributed by atoms with Crippen LogP contribution in [0.1, 0.15) is 17.3 Å². The van der Waals surface area contributed by atoms with E-state index in [0.29, 0.717) is 11.3 Å². The first-order valence-corrected chi connectivity index (χ1v) is 5.40. The zero-order valence-electron chi connectivity index (χ0n) is 10.6. The van der Waals surface area contributed by atoms with Gasteiger partial charge in [0.05, 0.1) is 18.7 Å². The van der Waals surface area contributed by atoms with Crippen molar-refractivity contribution in [1.82, 2.24) is 4.90 Å². The Labute approximate surface area is 106 Å². The zero-order chi connectivity index (χ0) is 13.7. The molecule has 1 atom stereocenters. The van der Waals surface area contributed by atoms with Crippen LogP contribution in [-0.2, 0) is 0 Å². The first kappa shape index (κ1) is 13.8. The third-order valence-electron chi connectivity index (χ3n) is 2.78. The molecule has 0 spiro atoms. The minimum absolute atomic E-state index is 0.0271. The lowest BCUT2D eigenvalue weighted by molar-refractivity contribution is 0.0773. The maximum atomic E-state index is 12.2. The molecular weight excluding hydrogens is 234 g/mol. The highest BCUT2D eigenvalue weighted by atomic mass is 16.5. The van der Waals surface area contributed by atoms with Crippen LogP contribution in [0.3, 0.4) is 0 Å². The van der Waals surface area contributed by atoms with Crippen molar-refractivity contribution in [3.63, 3.8) is 0 Å². The Hall–Kier alpha value is -2.24. The van der Waals surface area contributed by atoms with Gasteiger partial charge < -0.3 is 20.6 Å². The number of benzene rings is 1. The van der Waals surface area contributed by atoms with Crippen molar-refractivity contribution in [2.75, 3.05) is 14.2 Å². The molecule has 1 amide bonds. The fraction of sp³-hybridized carbons (Fsp3) is 0.333. The number of ether oxygens (including phenoxy) is 1. The average molecular weight is 251 g/mol. The second-order valence-electron chi connectivity index (χ2n) is 3.82. The second-order valence-corrected chi connectivity index (χ2v) is 3.82. The monoisotopic (exact) mass is 251 g/mol. The number of amidine groups is 1. The van der Waals surface area contributed by atoms with Crippen LogP contribution in [0.4, 0.5) is 0 Å². The number of methoxy groups -OCH3 is 1. The van der Waals surface area contributed by atoms with Crippen molar-refractivity contribution < 1.29 is 14.7 Å². The summed E-state index contributed by atoms with van der Waals surface area (Å²) in [5.74, 6) is 0.202. The van der Waals surface area contributed by atoms with Crippen LogP contribution in [0.2, 0.25) is 0 Å². The predicted octanol–water partition coefficient (Wildman–Crippen LogP) is 0.902. The predicted molar refractivity (Wildman–Crippen MR) is 68.0 cm³/mol. The van der Waals surface area contributed by atoms with E-state index in [1.807, 2.05) is 0 Å². The van der Waals surface area contributed by atoms with Crippen molar-refractivity contribution in [1.29, 1.82) is 0 Å². The molecule has 6 heteroatoms. The van der Waals surface area contributed by atoms with Gasteiger partial charge in [0.1, 0.15) is 5.75 Å².